The molecule has 0 heteroatoms. The maximum absolute atomic E-state index is 2.47. The molecule has 5 aliphatic carbocycles. The molecule has 0 saturated heterocycles. The van der Waals surface area contributed by atoms with Crippen molar-refractivity contribution in [2.45, 2.75) is 204 Å². The summed E-state index contributed by atoms with van der Waals surface area (Å²) in [4.78, 5) is 0. The van der Waals surface area contributed by atoms with Gasteiger partial charge in [0.25, 0.3) is 0 Å². The highest BCUT2D eigenvalue weighted by atomic mass is 14.4. The van der Waals surface area contributed by atoms with Crippen molar-refractivity contribution < 1.29 is 0 Å². The molecule has 0 aliphatic heterocycles. The summed E-state index contributed by atoms with van der Waals surface area (Å²) in [5.74, 6) is 9.57. The lowest BCUT2D eigenvalue weighted by molar-refractivity contribution is 0.101. The highest BCUT2D eigenvalue weighted by molar-refractivity contribution is 4.86. The molecule has 5 aliphatic rings. The Bertz CT molecular complexity index is 504. The van der Waals surface area contributed by atoms with Crippen LogP contribution in [0.3, 0.4) is 0 Å². The molecule has 5 rings (SSSR count). The average Bonchev–Trinajstić information content (AvgIpc) is 3.37. The van der Waals surface area contributed by atoms with Gasteiger partial charge in [-0.2, -0.15) is 0 Å². The summed E-state index contributed by atoms with van der Waals surface area (Å²) in [6.45, 7) is 20.0. The third-order valence-corrected chi connectivity index (χ3v) is 11.6. The smallest absolute Gasteiger partial charge is 0.0383 e. The first kappa shape index (κ1) is 38.0. The highest BCUT2D eigenvalue weighted by Gasteiger charge is 2.34. The van der Waals surface area contributed by atoms with Gasteiger partial charge in [0.2, 0.25) is 0 Å². The minimum atomic E-state index is 1.01. The van der Waals surface area contributed by atoms with E-state index >= 15 is 0 Å². The summed E-state index contributed by atoms with van der Waals surface area (Å²) in [5.41, 5.74) is 0. The van der Waals surface area contributed by atoms with Gasteiger partial charge in [0, 0.05) is 0 Å². The first-order chi connectivity index (χ1) is 19.4. The van der Waals surface area contributed by atoms with E-state index in [-0.39, 0.29) is 0 Å². The predicted molar refractivity (Wildman–Crippen MR) is 184 cm³/mol. The largest absolute Gasteiger partial charge is 0.0683 e. The quantitative estimate of drug-likeness (QED) is 0.295. The molecule has 40 heavy (non-hydrogen) atoms. The fraction of sp³-hybridized carbons (Fsp3) is 1.00. The van der Waals surface area contributed by atoms with Gasteiger partial charge in [-0.25, -0.2) is 0 Å². The molecule has 0 aromatic heterocycles. The molecule has 5 saturated carbocycles. The van der Waals surface area contributed by atoms with Crippen LogP contribution in [-0.4, -0.2) is 0 Å². The van der Waals surface area contributed by atoms with E-state index in [1.54, 1.807) is 51.4 Å². The number of hydrogen-bond acceptors (Lipinski definition) is 0. The standard InChI is InChI=1S/C18H32.2C9H18.2C2H6/c1-14-5-2-6-16(12-11-14)18-10-4-9-17(13-18)15-7-3-8-15;2*1-8-4-3-5-9(2)7-6-8;2*1-2/h14-18H,2-13H2,1H3;2*8-9H,3-7H2,1-2H3;2*1-2H3. The average molecular weight is 561 g/mol. The van der Waals surface area contributed by atoms with Crippen LogP contribution >= 0.6 is 0 Å². The molecule has 0 aromatic carbocycles. The van der Waals surface area contributed by atoms with E-state index < -0.39 is 0 Å². The molecule has 0 spiro atoms. The topological polar surface area (TPSA) is 0 Å². The summed E-state index contributed by atoms with van der Waals surface area (Å²) >= 11 is 0. The third kappa shape index (κ3) is 16.0. The Morgan fingerprint density at radius 3 is 0.825 bits per heavy atom. The number of rotatable bonds is 2. The summed E-state index contributed by atoms with van der Waals surface area (Å²) in [6.07, 6.45) is 33.4. The Morgan fingerprint density at radius 1 is 0.250 bits per heavy atom. The second-order valence-electron chi connectivity index (χ2n) is 15.2. The molecule has 0 aromatic rings. The van der Waals surface area contributed by atoms with Gasteiger partial charge in [0.1, 0.15) is 0 Å². The molecule has 0 nitrogen and oxygen atoms in total. The van der Waals surface area contributed by atoms with Crippen molar-refractivity contribution >= 4 is 0 Å². The van der Waals surface area contributed by atoms with Crippen LogP contribution in [0, 0.1) is 53.3 Å². The molecular weight excluding hydrogens is 480 g/mol. The minimum Gasteiger partial charge on any atom is -0.0683 e. The minimum absolute atomic E-state index is 1.01. The van der Waals surface area contributed by atoms with Crippen molar-refractivity contribution in [1.29, 1.82) is 0 Å². The van der Waals surface area contributed by atoms with E-state index in [0.717, 1.165) is 53.3 Å². The maximum Gasteiger partial charge on any atom is -0.0383 e. The lowest BCUT2D eigenvalue weighted by Crippen LogP contribution is -2.30. The summed E-state index contributed by atoms with van der Waals surface area (Å²) in [5, 5.41) is 0. The monoisotopic (exact) mass is 561 g/mol. The van der Waals surface area contributed by atoms with Gasteiger partial charge in [-0.05, 0) is 66.1 Å². The van der Waals surface area contributed by atoms with Crippen molar-refractivity contribution in [1.82, 2.24) is 0 Å². The maximum atomic E-state index is 2.47. The zero-order valence-corrected chi connectivity index (χ0v) is 29.8. The van der Waals surface area contributed by atoms with Gasteiger partial charge >= 0.3 is 0 Å². The van der Waals surface area contributed by atoms with Crippen LogP contribution in [0.2, 0.25) is 0 Å². The lowest BCUT2D eigenvalue weighted by atomic mass is 9.64. The van der Waals surface area contributed by atoms with E-state index in [0.29, 0.717) is 0 Å². The first-order valence-corrected chi connectivity index (χ1v) is 19.4. The van der Waals surface area contributed by atoms with Crippen LogP contribution in [0.1, 0.15) is 204 Å². The molecular formula is C40H80. The molecule has 0 N–H and O–H groups in total. The van der Waals surface area contributed by atoms with Crippen LogP contribution < -0.4 is 0 Å². The molecule has 0 heterocycles. The van der Waals surface area contributed by atoms with Crippen LogP contribution in [0.15, 0.2) is 0 Å². The summed E-state index contributed by atoms with van der Waals surface area (Å²) < 4.78 is 0. The molecule has 240 valence electrons. The Hall–Kier alpha value is 0. The van der Waals surface area contributed by atoms with Gasteiger partial charge < -0.3 is 0 Å². The predicted octanol–water partition coefficient (Wildman–Crippen LogP) is 14.3. The van der Waals surface area contributed by atoms with Crippen LogP contribution in [-0.2, 0) is 0 Å². The second kappa shape index (κ2) is 23.5. The first-order valence-electron chi connectivity index (χ1n) is 19.4. The van der Waals surface area contributed by atoms with E-state index in [9.17, 15) is 0 Å². The van der Waals surface area contributed by atoms with Gasteiger partial charge in [0.05, 0.1) is 0 Å². The van der Waals surface area contributed by atoms with Gasteiger partial charge in [-0.3, -0.25) is 0 Å². The van der Waals surface area contributed by atoms with Crippen molar-refractivity contribution in [2.24, 2.45) is 53.3 Å². The Kier molecular flexibility index (Phi) is 22.3. The molecule has 8 atom stereocenters. The van der Waals surface area contributed by atoms with E-state index in [2.05, 4.69) is 34.6 Å². The zero-order chi connectivity index (χ0) is 29.8. The Morgan fingerprint density at radius 2 is 0.475 bits per heavy atom. The third-order valence-electron chi connectivity index (χ3n) is 11.6. The van der Waals surface area contributed by atoms with Crippen molar-refractivity contribution in [2.75, 3.05) is 0 Å². The summed E-state index contributed by atoms with van der Waals surface area (Å²) in [6, 6.07) is 0. The molecule has 5 fully saturated rings. The second-order valence-corrected chi connectivity index (χ2v) is 15.2. The SMILES string of the molecule is CC.CC.CC1CCCC(C)CC1.CC1CCCC(C)CC1.CC1CCCC(C2CCCC(C3CCC3)C2)CC1. The van der Waals surface area contributed by atoms with Gasteiger partial charge in [-0.15, -0.1) is 0 Å². The normalized spacial score (nSPS) is 36.8. The van der Waals surface area contributed by atoms with Gasteiger partial charge in [0.15, 0.2) is 0 Å². The lowest BCUT2D eigenvalue weighted by Gasteiger charge is -2.41. The van der Waals surface area contributed by atoms with Crippen molar-refractivity contribution in [3.05, 3.63) is 0 Å². The van der Waals surface area contributed by atoms with Crippen molar-refractivity contribution in [3.8, 4) is 0 Å². The Balaban J connectivity index is 0.000000308. The van der Waals surface area contributed by atoms with Crippen molar-refractivity contribution in [3.63, 3.8) is 0 Å². The highest BCUT2D eigenvalue weighted by Crippen LogP contribution is 2.46. The number of hydrogen-bond donors (Lipinski definition) is 0. The fourth-order valence-corrected chi connectivity index (χ4v) is 8.37. The van der Waals surface area contributed by atoms with Gasteiger partial charge in [-0.1, -0.05) is 191 Å². The van der Waals surface area contributed by atoms with Crippen LogP contribution in [0.5, 0.6) is 0 Å². The van der Waals surface area contributed by atoms with Crippen LogP contribution in [0.4, 0.5) is 0 Å². The summed E-state index contributed by atoms with van der Waals surface area (Å²) in [7, 11) is 0. The Labute approximate surface area is 256 Å². The van der Waals surface area contributed by atoms with E-state index in [4.69, 9.17) is 0 Å². The molecule has 0 radical (unpaired) electrons. The van der Waals surface area contributed by atoms with E-state index in [1.807, 2.05) is 27.7 Å². The molecule has 0 bridgehead atoms. The molecule has 0 amide bonds. The zero-order valence-electron chi connectivity index (χ0n) is 29.8. The molecule has 8 unspecified atom stereocenters. The van der Waals surface area contributed by atoms with Crippen LogP contribution in [0.25, 0.3) is 0 Å². The fourth-order valence-electron chi connectivity index (χ4n) is 8.37. The van der Waals surface area contributed by atoms with E-state index in [1.165, 1.54) is 89.9 Å².